The Morgan fingerprint density at radius 1 is 1.30 bits per heavy atom. The fraction of sp³-hybridized carbons (Fsp3) is 0.333. The molecule has 1 aromatic carbocycles. The number of rotatable bonds is 4. The van der Waals surface area contributed by atoms with Crippen molar-refractivity contribution in [1.29, 1.82) is 0 Å². The van der Waals surface area contributed by atoms with E-state index >= 15 is 0 Å². The van der Waals surface area contributed by atoms with E-state index in [4.69, 9.17) is 11.6 Å². The maximum atomic E-state index is 12.0. The molecule has 0 N–H and O–H groups in total. The van der Waals surface area contributed by atoms with Crippen molar-refractivity contribution in [3.63, 3.8) is 0 Å². The zero-order valence-corrected chi connectivity index (χ0v) is 12.8. The molecule has 0 aliphatic carbocycles. The van der Waals surface area contributed by atoms with Gasteiger partial charge >= 0.3 is 5.97 Å². The molecule has 1 aromatic rings. The first-order chi connectivity index (χ1) is 9.15. The van der Waals surface area contributed by atoms with Crippen LogP contribution in [0.3, 0.4) is 0 Å². The van der Waals surface area contributed by atoms with Crippen LogP contribution in [0.2, 0.25) is 5.02 Å². The molecule has 110 valence electrons. The Kier molecular flexibility index (Phi) is 5.13. The average molecular weight is 320 g/mol. The highest BCUT2D eigenvalue weighted by atomic mass is 35.5. The van der Waals surface area contributed by atoms with Gasteiger partial charge in [0.25, 0.3) is 5.91 Å². The third kappa shape index (κ3) is 3.94. The van der Waals surface area contributed by atoms with Crippen LogP contribution in [0, 0.1) is 0 Å². The number of hydrogen-bond donors (Lipinski definition) is 0. The van der Waals surface area contributed by atoms with Crippen LogP contribution in [-0.2, 0) is 19.4 Å². The van der Waals surface area contributed by atoms with Crippen LogP contribution in [0.1, 0.15) is 17.3 Å². The van der Waals surface area contributed by atoms with E-state index in [1.54, 1.807) is 14.1 Å². The summed E-state index contributed by atoms with van der Waals surface area (Å²) in [5.41, 5.74) is 0.181. The summed E-state index contributed by atoms with van der Waals surface area (Å²) < 4.78 is 28.5. The molecule has 0 aromatic heterocycles. The van der Waals surface area contributed by atoms with Crippen LogP contribution >= 0.6 is 11.6 Å². The molecular weight excluding hydrogens is 306 g/mol. The van der Waals surface area contributed by atoms with E-state index in [1.807, 2.05) is 0 Å². The van der Waals surface area contributed by atoms with Crippen LogP contribution in [0.4, 0.5) is 0 Å². The van der Waals surface area contributed by atoms with Gasteiger partial charge in [0.05, 0.1) is 9.92 Å². The number of sulfone groups is 1. The van der Waals surface area contributed by atoms with Crippen molar-refractivity contribution in [2.75, 3.05) is 20.0 Å². The minimum atomic E-state index is -3.91. The van der Waals surface area contributed by atoms with Crippen molar-refractivity contribution in [2.45, 2.75) is 11.8 Å². The summed E-state index contributed by atoms with van der Waals surface area (Å²) in [6.07, 6.45) is 0. The van der Waals surface area contributed by atoms with Gasteiger partial charge in [-0.15, -0.1) is 0 Å². The summed E-state index contributed by atoms with van der Waals surface area (Å²) >= 11 is 5.84. The number of hydrogen-bond acceptors (Lipinski definition) is 5. The molecule has 1 amide bonds. The Balaban J connectivity index is 3.20. The van der Waals surface area contributed by atoms with E-state index in [1.165, 1.54) is 23.1 Å². The van der Waals surface area contributed by atoms with Gasteiger partial charge in [-0.3, -0.25) is 9.59 Å². The lowest BCUT2D eigenvalue weighted by atomic mass is 10.2. The highest BCUT2D eigenvalue weighted by Crippen LogP contribution is 2.24. The minimum Gasteiger partial charge on any atom is -0.449 e. The van der Waals surface area contributed by atoms with Crippen molar-refractivity contribution in [2.24, 2.45) is 0 Å². The van der Waals surface area contributed by atoms with Crippen molar-refractivity contribution < 1.29 is 22.7 Å². The fourth-order valence-electron chi connectivity index (χ4n) is 1.36. The van der Waals surface area contributed by atoms with Crippen molar-refractivity contribution in [3.8, 4) is 0 Å². The van der Waals surface area contributed by atoms with Crippen LogP contribution in [0.5, 0.6) is 0 Å². The molecule has 0 heterocycles. The second kappa shape index (κ2) is 6.23. The first-order valence-corrected chi connectivity index (χ1v) is 7.55. The number of esters is 1. The van der Waals surface area contributed by atoms with Gasteiger partial charge in [-0.25, -0.2) is 8.42 Å². The van der Waals surface area contributed by atoms with Crippen molar-refractivity contribution >= 4 is 33.3 Å². The molecule has 20 heavy (non-hydrogen) atoms. The summed E-state index contributed by atoms with van der Waals surface area (Å²) in [5.74, 6) is -1.89. The predicted molar refractivity (Wildman–Crippen MR) is 73.3 cm³/mol. The summed E-state index contributed by atoms with van der Waals surface area (Å²) in [4.78, 5) is 23.6. The quantitative estimate of drug-likeness (QED) is 0.782. The van der Waals surface area contributed by atoms with Crippen LogP contribution < -0.4 is 0 Å². The first-order valence-electron chi connectivity index (χ1n) is 5.52. The zero-order valence-electron chi connectivity index (χ0n) is 11.2. The standard InChI is InChI=1S/C12H14ClNO5S/c1-8(15)19-7-20(17,18)11-6-9(4-5-10(11)13)12(16)14(2)3/h4-6H,7H2,1-3H3. The summed E-state index contributed by atoms with van der Waals surface area (Å²) in [7, 11) is -0.822. The maximum absolute atomic E-state index is 12.0. The number of carbonyl (C=O) groups excluding carboxylic acids is 2. The van der Waals surface area contributed by atoms with Crippen molar-refractivity contribution in [1.82, 2.24) is 4.90 Å². The lowest BCUT2D eigenvalue weighted by Gasteiger charge is -2.12. The van der Waals surface area contributed by atoms with Gasteiger partial charge in [-0.05, 0) is 18.2 Å². The lowest BCUT2D eigenvalue weighted by Crippen LogP contribution is -2.22. The van der Waals surface area contributed by atoms with Crippen LogP contribution in [0.25, 0.3) is 0 Å². The van der Waals surface area contributed by atoms with Gasteiger partial charge in [-0.1, -0.05) is 11.6 Å². The normalized spacial score (nSPS) is 11.0. The highest BCUT2D eigenvalue weighted by molar-refractivity contribution is 7.91. The van der Waals surface area contributed by atoms with Gasteiger partial charge in [-0.2, -0.15) is 0 Å². The molecule has 0 saturated carbocycles. The molecular formula is C12H14ClNO5S. The molecule has 0 bridgehead atoms. The van der Waals surface area contributed by atoms with E-state index in [-0.39, 0.29) is 21.4 Å². The van der Waals surface area contributed by atoms with E-state index in [0.717, 1.165) is 6.92 Å². The van der Waals surface area contributed by atoms with Crippen molar-refractivity contribution in [3.05, 3.63) is 28.8 Å². The van der Waals surface area contributed by atoms with E-state index in [2.05, 4.69) is 4.74 Å². The molecule has 6 nitrogen and oxygen atoms in total. The second-order valence-electron chi connectivity index (χ2n) is 4.21. The number of benzene rings is 1. The van der Waals surface area contributed by atoms with Gasteiger partial charge in [0, 0.05) is 26.6 Å². The monoisotopic (exact) mass is 319 g/mol. The summed E-state index contributed by atoms with van der Waals surface area (Å²) in [5, 5.41) is -0.0348. The third-order valence-corrected chi connectivity index (χ3v) is 4.21. The van der Waals surface area contributed by atoms with Gasteiger partial charge in [0.15, 0.2) is 5.94 Å². The predicted octanol–water partition coefficient (Wildman–Crippen LogP) is 1.34. The molecule has 8 heteroatoms. The lowest BCUT2D eigenvalue weighted by molar-refractivity contribution is -0.138. The Morgan fingerprint density at radius 2 is 1.90 bits per heavy atom. The summed E-state index contributed by atoms with van der Waals surface area (Å²) in [6.45, 7) is 1.10. The number of amides is 1. The van der Waals surface area contributed by atoms with E-state index < -0.39 is 21.7 Å². The SMILES string of the molecule is CC(=O)OCS(=O)(=O)c1cc(C(=O)N(C)C)ccc1Cl. The number of ether oxygens (including phenoxy) is 1. The van der Waals surface area contributed by atoms with E-state index in [0.29, 0.717) is 0 Å². The van der Waals surface area contributed by atoms with Gasteiger partial charge in [0.1, 0.15) is 0 Å². The van der Waals surface area contributed by atoms with Gasteiger partial charge in [0.2, 0.25) is 9.84 Å². The maximum Gasteiger partial charge on any atom is 0.303 e. The number of halogens is 1. The topological polar surface area (TPSA) is 80.8 Å². The number of nitrogens with zero attached hydrogens (tertiary/aromatic N) is 1. The zero-order chi connectivity index (χ0) is 15.5. The molecule has 0 saturated heterocycles. The Hall–Kier alpha value is -1.60. The first kappa shape index (κ1) is 16.5. The van der Waals surface area contributed by atoms with Crippen LogP contribution in [0.15, 0.2) is 23.1 Å². The summed E-state index contributed by atoms with van der Waals surface area (Å²) in [6, 6.07) is 3.91. The second-order valence-corrected chi connectivity index (χ2v) is 6.53. The Bertz CT molecular complexity index is 639. The molecule has 0 atom stereocenters. The Labute approximate surface area is 122 Å². The molecule has 0 unspecified atom stereocenters. The van der Waals surface area contributed by atoms with Gasteiger partial charge < -0.3 is 9.64 Å². The molecule has 1 rings (SSSR count). The molecule has 0 spiro atoms. The Morgan fingerprint density at radius 3 is 2.40 bits per heavy atom. The third-order valence-electron chi connectivity index (χ3n) is 2.34. The highest BCUT2D eigenvalue weighted by Gasteiger charge is 2.22. The molecule has 0 aliphatic rings. The minimum absolute atomic E-state index is 0.0348. The average Bonchev–Trinajstić information content (AvgIpc) is 2.36. The van der Waals surface area contributed by atoms with E-state index in [9.17, 15) is 18.0 Å². The van der Waals surface area contributed by atoms with Crippen LogP contribution in [-0.4, -0.2) is 45.2 Å². The fourth-order valence-corrected chi connectivity index (χ4v) is 2.95. The molecule has 0 aliphatic heterocycles. The smallest absolute Gasteiger partial charge is 0.303 e. The molecule has 0 radical (unpaired) electrons. The largest absolute Gasteiger partial charge is 0.449 e. The molecule has 0 fully saturated rings. The number of carbonyl (C=O) groups is 2.